The molecule has 0 radical (unpaired) electrons. The number of hydrogen-bond donors (Lipinski definition) is 1. The third-order valence-electron chi connectivity index (χ3n) is 2.46. The van der Waals surface area contributed by atoms with E-state index in [-0.39, 0.29) is 6.04 Å². The van der Waals surface area contributed by atoms with Gasteiger partial charge in [-0.15, -0.1) is 0 Å². The van der Waals surface area contributed by atoms with Crippen LogP contribution in [0.4, 0.5) is 0 Å². The van der Waals surface area contributed by atoms with Gasteiger partial charge in [-0.2, -0.15) is 0 Å². The van der Waals surface area contributed by atoms with Gasteiger partial charge in [-0.1, -0.05) is 6.92 Å². The molecule has 0 saturated heterocycles. The maximum atomic E-state index is 5.51. The molecule has 86 valence electrons. The first-order valence-corrected chi connectivity index (χ1v) is 5.95. The number of aryl methyl sites for hydroxylation is 1. The van der Waals surface area contributed by atoms with Gasteiger partial charge in [-0.25, -0.2) is 4.98 Å². The lowest BCUT2D eigenvalue weighted by Crippen LogP contribution is -2.23. The van der Waals surface area contributed by atoms with Crippen LogP contribution < -0.4 is 5.32 Å². The first-order valence-electron chi connectivity index (χ1n) is 5.16. The molecular formula is C11H14BrN3O. The normalized spacial score (nSPS) is 12.9. The van der Waals surface area contributed by atoms with Crippen molar-refractivity contribution < 1.29 is 4.42 Å². The molecule has 4 nitrogen and oxygen atoms in total. The summed E-state index contributed by atoms with van der Waals surface area (Å²) in [6, 6.07) is 1.93. The van der Waals surface area contributed by atoms with E-state index in [4.69, 9.17) is 4.42 Å². The van der Waals surface area contributed by atoms with Crippen LogP contribution in [0.3, 0.4) is 0 Å². The van der Waals surface area contributed by atoms with Crippen LogP contribution >= 0.6 is 15.9 Å². The van der Waals surface area contributed by atoms with Gasteiger partial charge in [0.1, 0.15) is 11.8 Å². The van der Waals surface area contributed by atoms with E-state index >= 15 is 0 Å². The summed E-state index contributed by atoms with van der Waals surface area (Å²) >= 11 is 3.48. The van der Waals surface area contributed by atoms with E-state index in [2.05, 4.69) is 33.2 Å². The van der Waals surface area contributed by atoms with E-state index in [0.29, 0.717) is 0 Å². The monoisotopic (exact) mass is 283 g/mol. The van der Waals surface area contributed by atoms with Crippen LogP contribution in [-0.2, 0) is 7.05 Å². The van der Waals surface area contributed by atoms with Crippen molar-refractivity contribution in [2.24, 2.45) is 7.05 Å². The van der Waals surface area contributed by atoms with Crippen LogP contribution in [0.2, 0.25) is 0 Å². The molecule has 0 aliphatic heterocycles. The smallest absolute Gasteiger partial charge is 0.140 e. The number of rotatable bonds is 4. The minimum Gasteiger partial charge on any atom is -0.466 e. The first-order chi connectivity index (χ1) is 7.74. The van der Waals surface area contributed by atoms with E-state index in [9.17, 15) is 0 Å². The SMILES string of the molecule is CCNC(c1occc1Br)c1cncn1C. The third kappa shape index (κ3) is 2.05. The molecule has 0 spiro atoms. The number of nitrogens with one attached hydrogen (secondary N) is 1. The summed E-state index contributed by atoms with van der Waals surface area (Å²) in [5.74, 6) is 0.880. The molecule has 5 heteroatoms. The van der Waals surface area contributed by atoms with Crippen LogP contribution in [0, 0.1) is 0 Å². The molecule has 1 N–H and O–H groups in total. The summed E-state index contributed by atoms with van der Waals surface area (Å²) < 4.78 is 8.47. The lowest BCUT2D eigenvalue weighted by molar-refractivity contribution is 0.439. The molecule has 0 bridgehead atoms. The highest BCUT2D eigenvalue weighted by Gasteiger charge is 2.21. The summed E-state index contributed by atoms with van der Waals surface area (Å²) in [4.78, 5) is 4.13. The Kier molecular flexibility index (Phi) is 3.46. The summed E-state index contributed by atoms with van der Waals surface area (Å²) in [7, 11) is 1.98. The Labute approximate surface area is 103 Å². The van der Waals surface area contributed by atoms with E-state index < -0.39 is 0 Å². The van der Waals surface area contributed by atoms with Gasteiger partial charge in [-0.05, 0) is 28.5 Å². The molecule has 0 aliphatic rings. The average molecular weight is 284 g/mol. The zero-order valence-electron chi connectivity index (χ0n) is 9.27. The standard InChI is InChI=1S/C11H14BrN3O/c1-3-14-10(9-6-13-7-15(9)2)11-8(12)4-5-16-11/h4-7,10,14H,3H2,1-2H3. The van der Waals surface area contributed by atoms with Gasteiger partial charge in [0.05, 0.1) is 29.0 Å². The molecule has 0 aromatic carbocycles. The van der Waals surface area contributed by atoms with Crippen LogP contribution in [0.5, 0.6) is 0 Å². The second-order valence-corrected chi connectivity index (χ2v) is 4.41. The lowest BCUT2D eigenvalue weighted by atomic mass is 10.1. The predicted octanol–water partition coefficient (Wildman–Crippen LogP) is 2.47. The number of hydrogen-bond acceptors (Lipinski definition) is 3. The van der Waals surface area contributed by atoms with Gasteiger partial charge in [-0.3, -0.25) is 0 Å². The molecule has 1 unspecified atom stereocenters. The fourth-order valence-corrected chi connectivity index (χ4v) is 2.12. The van der Waals surface area contributed by atoms with Gasteiger partial charge in [0, 0.05) is 7.05 Å². The first kappa shape index (κ1) is 11.4. The van der Waals surface area contributed by atoms with Crippen LogP contribution in [0.1, 0.15) is 24.4 Å². The Balaban J connectivity index is 2.39. The van der Waals surface area contributed by atoms with Crippen LogP contribution in [0.25, 0.3) is 0 Å². The van der Waals surface area contributed by atoms with Crippen molar-refractivity contribution in [3.63, 3.8) is 0 Å². The van der Waals surface area contributed by atoms with E-state index in [0.717, 1.165) is 22.5 Å². The minimum atomic E-state index is 0.0295. The highest BCUT2D eigenvalue weighted by molar-refractivity contribution is 9.10. The van der Waals surface area contributed by atoms with Crippen molar-refractivity contribution in [3.8, 4) is 0 Å². The molecule has 16 heavy (non-hydrogen) atoms. The lowest BCUT2D eigenvalue weighted by Gasteiger charge is -2.16. The Morgan fingerprint density at radius 1 is 1.62 bits per heavy atom. The molecule has 0 aliphatic carbocycles. The molecule has 0 saturated carbocycles. The molecule has 2 aromatic rings. The Morgan fingerprint density at radius 2 is 2.44 bits per heavy atom. The molecule has 1 atom stereocenters. The van der Waals surface area contributed by atoms with Crippen molar-refractivity contribution in [3.05, 3.63) is 40.8 Å². The van der Waals surface area contributed by atoms with Gasteiger partial charge in [0.15, 0.2) is 0 Å². The van der Waals surface area contributed by atoms with Crippen LogP contribution in [0.15, 0.2) is 33.7 Å². The quantitative estimate of drug-likeness (QED) is 0.938. The second-order valence-electron chi connectivity index (χ2n) is 3.55. The van der Waals surface area contributed by atoms with Crippen molar-refractivity contribution in [1.82, 2.24) is 14.9 Å². The van der Waals surface area contributed by atoms with E-state index in [1.54, 1.807) is 12.6 Å². The predicted molar refractivity (Wildman–Crippen MR) is 65.1 cm³/mol. The van der Waals surface area contributed by atoms with Crippen molar-refractivity contribution in [2.75, 3.05) is 6.54 Å². The largest absolute Gasteiger partial charge is 0.466 e. The topological polar surface area (TPSA) is 43.0 Å². The minimum absolute atomic E-state index is 0.0295. The molecular weight excluding hydrogens is 270 g/mol. The Morgan fingerprint density at radius 3 is 2.94 bits per heavy atom. The number of imidazole rings is 1. The van der Waals surface area contributed by atoms with E-state index in [1.807, 2.05) is 23.9 Å². The highest BCUT2D eigenvalue weighted by atomic mass is 79.9. The Bertz CT molecular complexity index is 423. The highest BCUT2D eigenvalue weighted by Crippen LogP contribution is 2.28. The maximum Gasteiger partial charge on any atom is 0.140 e. The molecule has 0 amide bonds. The summed E-state index contributed by atoms with van der Waals surface area (Å²) in [6.45, 7) is 2.93. The third-order valence-corrected chi connectivity index (χ3v) is 3.12. The van der Waals surface area contributed by atoms with Gasteiger partial charge >= 0.3 is 0 Å². The van der Waals surface area contributed by atoms with Gasteiger partial charge in [0.25, 0.3) is 0 Å². The Hall–Kier alpha value is -1.07. The van der Waals surface area contributed by atoms with Crippen LogP contribution in [-0.4, -0.2) is 16.1 Å². The van der Waals surface area contributed by atoms with E-state index in [1.165, 1.54) is 0 Å². The zero-order valence-corrected chi connectivity index (χ0v) is 10.9. The number of furan rings is 1. The van der Waals surface area contributed by atoms with Gasteiger partial charge in [0.2, 0.25) is 0 Å². The number of nitrogens with zero attached hydrogens (tertiary/aromatic N) is 2. The molecule has 0 fully saturated rings. The summed E-state index contributed by atoms with van der Waals surface area (Å²) in [5.41, 5.74) is 1.08. The van der Waals surface area contributed by atoms with Crippen molar-refractivity contribution >= 4 is 15.9 Å². The molecule has 2 rings (SSSR count). The van der Waals surface area contributed by atoms with Crippen molar-refractivity contribution in [2.45, 2.75) is 13.0 Å². The maximum absolute atomic E-state index is 5.51. The number of halogens is 1. The average Bonchev–Trinajstić information content (AvgIpc) is 2.84. The molecule has 2 heterocycles. The second kappa shape index (κ2) is 4.84. The zero-order chi connectivity index (χ0) is 11.5. The fourth-order valence-electron chi connectivity index (χ4n) is 1.69. The fraction of sp³-hybridized carbons (Fsp3) is 0.364. The molecule has 2 aromatic heterocycles. The van der Waals surface area contributed by atoms with Gasteiger partial charge < -0.3 is 14.3 Å². The summed E-state index contributed by atoms with van der Waals surface area (Å²) in [5, 5.41) is 3.38. The van der Waals surface area contributed by atoms with Crippen molar-refractivity contribution in [1.29, 1.82) is 0 Å². The summed E-state index contributed by atoms with van der Waals surface area (Å²) in [6.07, 6.45) is 5.32. The number of aromatic nitrogens is 2.